The zero-order chi connectivity index (χ0) is 27.5. The van der Waals surface area contributed by atoms with Gasteiger partial charge in [-0.25, -0.2) is 0 Å². The number of allylic oxidation sites excluding steroid dienone is 1. The van der Waals surface area contributed by atoms with Gasteiger partial charge in [0.05, 0.1) is 30.9 Å². The van der Waals surface area contributed by atoms with Crippen LogP contribution in [0.5, 0.6) is 11.5 Å². The molecular formula is C31H33NO7. The molecule has 6 rings (SSSR count). The molecule has 4 aliphatic rings. The molecule has 8 nitrogen and oxygen atoms in total. The third-order valence-corrected chi connectivity index (χ3v) is 8.24. The number of carbonyl (C=O) groups excluding carboxylic acids is 3. The molecule has 0 unspecified atom stereocenters. The summed E-state index contributed by atoms with van der Waals surface area (Å²) in [6.07, 6.45) is 2.86. The maximum atomic E-state index is 13.4. The lowest BCUT2D eigenvalue weighted by Gasteiger charge is -2.50. The number of fused-ring (bicyclic) bond motifs is 6. The standard InChI is InChI=1S/C31H33NO7/c1-30(2)16-22(33)26-25(17-30)38-31(15-18-13-23(36-3)24(37-4)14-21(18)27(26)39-31)11-7-8-12-32-28(34)19-9-5-6-10-20(19)29(32)35/h5-6,9-10,13-14,27H,7-8,11-12,15-17H2,1-4H3/t27-,31-/m1/s1. The molecule has 2 aromatic carbocycles. The summed E-state index contributed by atoms with van der Waals surface area (Å²) in [4.78, 5) is 40.2. The SMILES string of the molecule is COc1cc2c(cc1OC)[C@H]1O[C@](CCCCN3C(=O)c4ccccc4C3=O)(C2)OC2=C1C(=O)CC(C)(C)C2. The average molecular weight is 532 g/mol. The Morgan fingerprint density at radius 2 is 1.59 bits per heavy atom. The minimum absolute atomic E-state index is 0.0492. The van der Waals surface area contributed by atoms with Crippen molar-refractivity contribution in [1.82, 2.24) is 4.90 Å². The number of hydrogen-bond acceptors (Lipinski definition) is 7. The zero-order valence-corrected chi connectivity index (χ0v) is 22.8. The fraction of sp³-hybridized carbons (Fsp3) is 0.452. The normalized spacial score (nSPS) is 24.7. The molecule has 8 heteroatoms. The van der Waals surface area contributed by atoms with Gasteiger partial charge < -0.3 is 18.9 Å². The van der Waals surface area contributed by atoms with Crippen LogP contribution in [0.1, 0.15) is 83.9 Å². The van der Waals surface area contributed by atoms with Gasteiger partial charge in [-0.1, -0.05) is 26.0 Å². The molecule has 0 spiro atoms. The van der Waals surface area contributed by atoms with Crippen molar-refractivity contribution in [1.29, 1.82) is 0 Å². The molecule has 2 atom stereocenters. The fourth-order valence-electron chi connectivity index (χ4n) is 6.41. The molecule has 39 heavy (non-hydrogen) atoms. The first-order valence-electron chi connectivity index (χ1n) is 13.5. The molecule has 0 fully saturated rings. The molecule has 2 aromatic rings. The zero-order valence-electron chi connectivity index (χ0n) is 22.8. The molecule has 3 heterocycles. The van der Waals surface area contributed by atoms with E-state index in [1.807, 2.05) is 12.1 Å². The molecule has 0 aromatic heterocycles. The third-order valence-electron chi connectivity index (χ3n) is 8.24. The van der Waals surface area contributed by atoms with Crippen LogP contribution in [0, 0.1) is 5.41 Å². The first-order chi connectivity index (χ1) is 18.6. The summed E-state index contributed by atoms with van der Waals surface area (Å²) >= 11 is 0. The molecular weight excluding hydrogens is 498 g/mol. The molecule has 3 aliphatic heterocycles. The topological polar surface area (TPSA) is 91.4 Å². The summed E-state index contributed by atoms with van der Waals surface area (Å²) in [5.74, 6) is 0.522. The third kappa shape index (κ3) is 4.22. The number of methoxy groups -OCH3 is 2. The predicted octanol–water partition coefficient (Wildman–Crippen LogP) is 5.15. The van der Waals surface area contributed by atoms with Gasteiger partial charge in [0.15, 0.2) is 17.3 Å². The summed E-state index contributed by atoms with van der Waals surface area (Å²) in [5.41, 5.74) is 3.21. The van der Waals surface area contributed by atoms with Crippen molar-refractivity contribution >= 4 is 17.6 Å². The number of benzene rings is 2. The molecule has 2 bridgehead atoms. The maximum absolute atomic E-state index is 13.4. The highest BCUT2D eigenvalue weighted by Crippen LogP contribution is 2.54. The molecule has 2 amide bonds. The van der Waals surface area contributed by atoms with Crippen molar-refractivity contribution in [2.45, 2.75) is 64.3 Å². The minimum Gasteiger partial charge on any atom is -0.493 e. The van der Waals surface area contributed by atoms with Gasteiger partial charge in [0.2, 0.25) is 5.79 Å². The molecule has 0 radical (unpaired) electrons. The van der Waals surface area contributed by atoms with Crippen LogP contribution in [0.25, 0.3) is 0 Å². The molecule has 1 aliphatic carbocycles. The number of unbranched alkanes of at least 4 members (excludes halogenated alkanes) is 1. The number of amides is 2. The van der Waals surface area contributed by atoms with Crippen LogP contribution >= 0.6 is 0 Å². The molecule has 204 valence electrons. The number of imide groups is 1. The lowest BCUT2D eigenvalue weighted by atomic mass is 9.72. The Labute approximate surface area is 227 Å². The van der Waals surface area contributed by atoms with E-state index < -0.39 is 11.9 Å². The monoisotopic (exact) mass is 531 g/mol. The number of ketones is 1. The van der Waals surface area contributed by atoms with Crippen LogP contribution < -0.4 is 9.47 Å². The van der Waals surface area contributed by atoms with E-state index in [9.17, 15) is 14.4 Å². The van der Waals surface area contributed by atoms with Crippen molar-refractivity contribution in [3.05, 3.63) is 70.0 Å². The summed E-state index contributed by atoms with van der Waals surface area (Å²) in [5, 5.41) is 0. The van der Waals surface area contributed by atoms with Crippen molar-refractivity contribution < 1.29 is 33.3 Å². The van der Waals surface area contributed by atoms with Crippen LogP contribution in [0.15, 0.2) is 47.7 Å². The van der Waals surface area contributed by atoms with Crippen molar-refractivity contribution in [3.63, 3.8) is 0 Å². The number of nitrogens with zero attached hydrogens (tertiary/aromatic N) is 1. The van der Waals surface area contributed by atoms with Gasteiger partial charge in [-0.05, 0) is 53.6 Å². The van der Waals surface area contributed by atoms with E-state index in [0.717, 1.165) is 11.1 Å². The van der Waals surface area contributed by atoms with Crippen LogP contribution in [-0.4, -0.2) is 49.0 Å². The smallest absolute Gasteiger partial charge is 0.261 e. The number of carbonyl (C=O) groups is 3. The minimum atomic E-state index is -0.953. The number of Topliss-reactive ketones (excluding diaryl/α,β-unsaturated/α-hetero) is 1. The Morgan fingerprint density at radius 3 is 2.26 bits per heavy atom. The van der Waals surface area contributed by atoms with Crippen LogP contribution in [0.2, 0.25) is 0 Å². The van der Waals surface area contributed by atoms with Crippen LogP contribution in [-0.2, 0) is 20.7 Å². The molecule has 0 saturated carbocycles. The van der Waals surface area contributed by atoms with Gasteiger partial charge in [-0.15, -0.1) is 0 Å². The number of rotatable bonds is 7. The largest absolute Gasteiger partial charge is 0.493 e. The molecule has 0 N–H and O–H groups in total. The highest BCUT2D eigenvalue weighted by atomic mass is 16.7. The van der Waals surface area contributed by atoms with Crippen molar-refractivity contribution in [2.24, 2.45) is 5.41 Å². The summed E-state index contributed by atoms with van der Waals surface area (Å²) in [6.45, 7) is 4.49. The first-order valence-corrected chi connectivity index (χ1v) is 13.5. The van der Waals surface area contributed by atoms with Crippen LogP contribution in [0.4, 0.5) is 0 Å². The van der Waals surface area contributed by atoms with Crippen LogP contribution in [0.3, 0.4) is 0 Å². The highest BCUT2D eigenvalue weighted by Gasteiger charge is 2.52. The predicted molar refractivity (Wildman–Crippen MR) is 142 cm³/mol. The summed E-state index contributed by atoms with van der Waals surface area (Å²) in [7, 11) is 3.19. The van der Waals surface area contributed by atoms with E-state index in [0.29, 0.717) is 79.0 Å². The van der Waals surface area contributed by atoms with Gasteiger partial charge in [0, 0.05) is 32.2 Å². The van der Waals surface area contributed by atoms with Crippen molar-refractivity contribution in [3.8, 4) is 11.5 Å². The lowest BCUT2D eigenvalue weighted by Crippen LogP contribution is -2.49. The van der Waals surface area contributed by atoms with E-state index in [1.165, 1.54) is 4.90 Å². The van der Waals surface area contributed by atoms with Crippen molar-refractivity contribution in [2.75, 3.05) is 20.8 Å². The van der Waals surface area contributed by atoms with E-state index in [-0.39, 0.29) is 23.0 Å². The van der Waals surface area contributed by atoms with E-state index in [1.54, 1.807) is 38.5 Å². The van der Waals surface area contributed by atoms with Gasteiger partial charge >= 0.3 is 0 Å². The van der Waals surface area contributed by atoms with Gasteiger partial charge in [-0.3, -0.25) is 19.3 Å². The van der Waals surface area contributed by atoms with E-state index >= 15 is 0 Å². The van der Waals surface area contributed by atoms with E-state index in [4.69, 9.17) is 18.9 Å². The fourth-order valence-corrected chi connectivity index (χ4v) is 6.41. The second-order valence-electron chi connectivity index (χ2n) is 11.6. The Kier molecular flexibility index (Phi) is 6.06. The lowest BCUT2D eigenvalue weighted by molar-refractivity contribution is -0.266. The average Bonchev–Trinajstić information content (AvgIpc) is 3.14. The second-order valence-corrected chi connectivity index (χ2v) is 11.6. The molecule has 0 saturated heterocycles. The number of ether oxygens (including phenoxy) is 4. The van der Waals surface area contributed by atoms with Gasteiger partial charge in [-0.2, -0.15) is 0 Å². The Morgan fingerprint density at radius 1 is 0.923 bits per heavy atom. The Balaban J connectivity index is 1.26. The van der Waals surface area contributed by atoms with Gasteiger partial charge in [0.25, 0.3) is 11.8 Å². The summed E-state index contributed by atoms with van der Waals surface area (Å²) in [6, 6.07) is 10.8. The second kappa shape index (κ2) is 9.23. The number of hydrogen-bond donors (Lipinski definition) is 0. The Hall–Kier alpha value is -3.65. The highest BCUT2D eigenvalue weighted by molar-refractivity contribution is 6.21. The van der Waals surface area contributed by atoms with E-state index in [2.05, 4.69) is 13.8 Å². The van der Waals surface area contributed by atoms with Gasteiger partial charge in [0.1, 0.15) is 11.9 Å². The summed E-state index contributed by atoms with van der Waals surface area (Å²) < 4.78 is 24.4. The maximum Gasteiger partial charge on any atom is 0.261 e. The Bertz CT molecular complexity index is 1390. The quantitative estimate of drug-likeness (QED) is 0.360. The first kappa shape index (κ1) is 25.6.